The van der Waals surface area contributed by atoms with Crippen LogP contribution >= 0.6 is 0 Å². The van der Waals surface area contributed by atoms with Crippen LogP contribution in [0.25, 0.3) is 64.6 Å². The highest BCUT2D eigenvalue weighted by Crippen LogP contribution is 2.34. The second-order valence-electron chi connectivity index (χ2n) is 8.57. The van der Waals surface area contributed by atoms with Crippen LogP contribution in [0.2, 0.25) is 0 Å². The van der Waals surface area contributed by atoms with Crippen molar-refractivity contribution >= 4 is 70.3 Å². The van der Waals surface area contributed by atoms with E-state index in [1.165, 1.54) is 59.2 Å². The zero-order valence-electron chi connectivity index (χ0n) is 16.9. The van der Waals surface area contributed by atoms with E-state index in [9.17, 15) is 0 Å². The Morgan fingerprint density at radius 2 is 0.677 bits per heavy atom. The van der Waals surface area contributed by atoms with E-state index >= 15 is 0 Å². The Labute approximate surface area is 179 Å². The number of nitrogens with two attached hydrogens (primary N) is 1. The standard InChI is InChI=1S/C30H19N/c31-30-7-3-6-20-10-23-13-26-14-24-11-21-8-18-4-1-2-5-19(18)9-22(21)12-25(24)15-27(26)16-28(23)17-29(20)30/h1-17H,31H2. The molecular formula is C30H19N. The summed E-state index contributed by atoms with van der Waals surface area (Å²) in [6.07, 6.45) is 0. The summed E-state index contributed by atoms with van der Waals surface area (Å²) in [6, 6.07) is 37.6. The average Bonchev–Trinajstić information content (AvgIpc) is 2.78. The van der Waals surface area contributed by atoms with Gasteiger partial charge in [0.05, 0.1) is 0 Å². The van der Waals surface area contributed by atoms with E-state index in [2.05, 4.69) is 91.0 Å². The number of fused-ring (bicyclic) bond motifs is 6. The molecule has 0 amide bonds. The molecule has 7 aromatic carbocycles. The van der Waals surface area contributed by atoms with Gasteiger partial charge in [-0.15, -0.1) is 0 Å². The van der Waals surface area contributed by atoms with Crippen molar-refractivity contribution < 1.29 is 0 Å². The highest BCUT2D eigenvalue weighted by atomic mass is 14.5. The van der Waals surface area contributed by atoms with Gasteiger partial charge in [-0.2, -0.15) is 0 Å². The van der Waals surface area contributed by atoms with Gasteiger partial charge in [0.1, 0.15) is 0 Å². The Bertz CT molecular complexity index is 1840. The summed E-state index contributed by atoms with van der Waals surface area (Å²) in [5, 5.41) is 15.0. The number of rotatable bonds is 0. The molecule has 31 heavy (non-hydrogen) atoms. The lowest BCUT2D eigenvalue weighted by atomic mass is 9.95. The topological polar surface area (TPSA) is 26.0 Å². The van der Waals surface area contributed by atoms with Gasteiger partial charge in [0.15, 0.2) is 0 Å². The van der Waals surface area contributed by atoms with Crippen molar-refractivity contribution in [2.75, 3.05) is 5.73 Å². The van der Waals surface area contributed by atoms with E-state index in [-0.39, 0.29) is 0 Å². The molecule has 0 unspecified atom stereocenters. The summed E-state index contributed by atoms with van der Waals surface area (Å²) >= 11 is 0. The van der Waals surface area contributed by atoms with Crippen molar-refractivity contribution in [2.24, 2.45) is 0 Å². The molecule has 0 heterocycles. The van der Waals surface area contributed by atoms with Crippen LogP contribution in [0.1, 0.15) is 0 Å². The molecule has 0 aromatic heterocycles. The summed E-state index contributed by atoms with van der Waals surface area (Å²) in [5.74, 6) is 0. The Hall–Kier alpha value is -4.10. The molecule has 0 saturated carbocycles. The lowest BCUT2D eigenvalue weighted by Gasteiger charge is -2.09. The normalized spacial score (nSPS) is 12.0. The molecule has 7 rings (SSSR count). The van der Waals surface area contributed by atoms with Crippen LogP contribution in [0.5, 0.6) is 0 Å². The molecule has 144 valence electrons. The van der Waals surface area contributed by atoms with Crippen molar-refractivity contribution in [3.63, 3.8) is 0 Å². The van der Waals surface area contributed by atoms with E-state index in [1.54, 1.807) is 0 Å². The molecule has 0 saturated heterocycles. The third-order valence-electron chi connectivity index (χ3n) is 6.60. The van der Waals surface area contributed by atoms with Crippen LogP contribution in [-0.2, 0) is 0 Å². The minimum atomic E-state index is 0.830. The van der Waals surface area contributed by atoms with Crippen LogP contribution < -0.4 is 5.73 Å². The lowest BCUT2D eigenvalue weighted by Crippen LogP contribution is -1.87. The van der Waals surface area contributed by atoms with Gasteiger partial charge in [-0.05, 0) is 126 Å². The summed E-state index contributed by atoms with van der Waals surface area (Å²) in [6.45, 7) is 0. The maximum absolute atomic E-state index is 6.23. The average molecular weight is 393 g/mol. The van der Waals surface area contributed by atoms with E-state index in [4.69, 9.17) is 5.73 Å². The third-order valence-corrected chi connectivity index (χ3v) is 6.60. The van der Waals surface area contributed by atoms with Crippen LogP contribution in [0.3, 0.4) is 0 Å². The Morgan fingerprint density at radius 1 is 0.323 bits per heavy atom. The molecule has 1 nitrogen and oxygen atoms in total. The maximum atomic E-state index is 6.23. The lowest BCUT2D eigenvalue weighted by molar-refractivity contribution is 1.76. The molecule has 0 fully saturated rings. The second-order valence-corrected chi connectivity index (χ2v) is 8.57. The van der Waals surface area contributed by atoms with Gasteiger partial charge in [-0.3, -0.25) is 0 Å². The van der Waals surface area contributed by atoms with Gasteiger partial charge in [0, 0.05) is 11.1 Å². The molecule has 0 radical (unpaired) electrons. The fourth-order valence-corrected chi connectivity index (χ4v) is 5.00. The van der Waals surface area contributed by atoms with Crippen LogP contribution in [-0.4, -0.2) is 0 Å². The fourth-order valence-electron chi connectivity index (χ4n) is 5.00. The summed E-state index contributed by atoms with van der Waals surface area (Å²) < 4.78 is 0. The molecule has 7 aromatic rings. The van der Waals surface area contributed by atoms with Crippen molar-refractivity contribution in [1.29, 1.82) is 0 Å². The van der Waals surface area contributed by atoms with Crippen LogP contribution in [0, 0.1) is 0 Å². The van der Waals surface area contributed by atoms with Crippen LogP contribution in [0.4, 0.5) is 5.69 Å². The van der Waals surface area contributed by atoms with Gasteiger partial charge in [-0.25, -0.2) is 0 Å². The summed E-state index contributed by atoms with van der Waals surface area (Å²) in [5.41, 5.74) is 7.06. The van der Waals surface area contributed by atoms with E-state index < -0.39 is 0 Å². The molecule has 0 spiro atoms. The highest BCUT2D eigenvalue weighted by Gasteiger charge is 2.06. The molecule has 0 bridgehead atoms. The second kappa shape index (κ2) is 5.96. The molecular weight excluding hydrogens is 374 g/mol. The monoisotopic (exact) mass is 393 g/mol. The summed E-state index contributed by atoms with van der Waals surface area (Å²) in [7, 11) is 0. The minimum Gasteiger partial charge on any atom is -0.398 e. The van der Waals surface area contributed by atoms with Gasteiger partial charge < -0.3 is 5.73 Å². The maximum Gasteiger partial charge on any atom is 0.0393 e. The van der Waals surface area contributed by atoms with Gasteiger partial charge >= 0.3 is 0 Å². The van der Waals surface area contributed by atoms with Crippen molar-refractivity contribution in [1.82, 2.24) is 0 Å². The minimum absolute atomic E-state index is 0.830. The Morgan fingerprint density at radius 3 is 1.16 bits per heavy atom. The zero-order chi connectivity index (χ0) is 20.5. The highest BCUT2D eigenvalue weighted by molar-refractivity contribution is 6.12. The fraction of sp³-hybridized carbons (Fsp3) is 0. The number of nitrogen functional groups attached to an aromatic ring is 1. The number of hydrogen-bond donors (Lipinski definition) is 1. The van der Waals surface area contributed by atoms with E-state index in [0.29, 0.717) is 0 Å². The van der Waals surface area contributed by atoms with Gasteiger partial charge in [0.2, 0.25) is 0 Å². The predicted molar refractivity (Wildman–Crippen MR) is 136 cm³/mol. The zero-order valence-corrected chi connectivity index (χ0v) is 16.9. The Balaban J connectivity index is 1.54. The number of anilines is 1. The Kier molecular flexibility index (Phi) is 3.21. The number of hydrogen-bond acceptors (Lipinski definition) is 1. The molecule has 0 aliphatic carbocycles. The molecule has 0 atom stereocenters. The SMILES string of the molecule is Nc1cccc2cc3cc4cc5cc6cc7ccccc7cc6cc5cc4cc3cc12. The molecule has 0 aliphatic heterocycles. The van der Waals surface area contributed by atoms with Gasteiger partial charge in [-0.1, -0.05) is 36.4 Å². The number of benzene rings is 7. The third kappa shape index (κ3) is 2.50. The molecule has 0 aliphatic rings. The van der Waals surface area contributed by atoms with Crippen LogP contribution in [0.15, 0.2) is 103 Å². The van der Waals surface area contributed by atoms with E-state index in [0.717, 1.165) is 11.1 Å². The smallest absolute Gasteiger partial charge is 0.0393 e. The first-order valence-corrected chi connectivity index (χ1v) is 10.6. The largest absolute Gasteiger partial charge is 0.398 e. The van der Waals surface area contributed by atoms with Crippen molar-refractivity contribution in [2.45, 2.75) is 0 Å². The summed E-state index contributed by atoms with van der Waals surface area (Å²) in [4.78, 5) is 0. The molecule has 2 N–H and O–H groups in total. The predicted octanol–water partition coefficient (Wildman–Crippen LogP) is 8.19. The first kappa shape index (κ1) is 16.7. The van der Waals surface area contributed by atoms with Gasteiger partial charge in [0.25, 0.3) is 0 Å². The van der Waals surface area contributed by atoms with Crippen molar-refractivity contribution in [3.05, 3.63) is 103 Å². The first-order chi connectivity index (χ1) is 15.2. The van der Waals surface area contributed by atoms with E-state index in [1.807, 2.05) is 12.1 Å². The quantitative estimate of drug-likeness (QED) is 0.204. The molecule has 1 heteroatoms. The first-order valence-electron chi connectivity index (χ1n) is 10.6. The van der Waals surface area contributed by atoms with Crippen molar-refractivity contribution in [3.8, 4) is 0 Å².